The first-order valence-electron chi connectivity index (χ1n) is 6.58. The van der Waals surface area contributed by atoms with Crippen molar-refractivity contribution in [1.82, 2.24) is 9.78 Å². The number of ether oxygens (including phenoxy) is 2. The van der Waals surface area contributed by atoms with E-state index in [1.807, 2.05) is 19.4 Å². The van der Waals surface area contributed by atoms with Gasteiger partial charge in [0.2, 0.25) is 0 Å². The van der Waals surface area contributed by atoms with Gasteiger partial charge in [-0.1, -0.05) is 0 Å². The third-order valence-electron chi connectivity index (χ3n) is 3.32. The lowest BCUT2D eigenvalue weighted by molar-refractivity contribution is -0.120. The van der Waals surface area contributed by atoms with Gasteiger partial charge in [-0.05, 0) is 26.7 Å². The summed E-state index contributed by atoms with van der Waals surface area (Å²) in [6, 6.07) is 0. The molecule has 102 valence electrons. The van der Waals surface area contributed by atoms with E-state index in [1.165, 1.54) is 0 Å². The lowest BCUT2D eigenvalue weighted by atomic mass is 10.0. The average molecular weight is 253 g/mol. The molecule has 0 radical (unpaired) electrons. The minimum Gasteiger partial charge on any atom is -0.375 e. The van der Waals surface area contributed by atoms with Crippen LogP contribution in [0, 0.1) is 0 Å². The highest BCUT2D eigenvalue weighted by Crippen LogP contribution is 2.26. The first-order valence-corrected chi connectivity index (χ1v) is 6.58. The Kier molecular flexibility index (Phi) is 4.37. The molecule has 1 aliphatic heterocycles. The Morgan fingerprint density at radius 3 is 2.67 bits per heavy atom. The molecule has 0 amide bonds. The molecule has 1 aromatic rings. The van der Waals surface area contributed by atoms with Gasteiger partial charge in [0.05, 0.1) is 30.6 Å². The molecule has 2 rings (SSSR count). The van der Waals surface area contributed by atoms with Crippen LogP contribution >= 0.6 is 0 Å². The van der Waals surface area contributed by atoms with Crippen molar-refractivity contribution in [2.45, 2.75) is 51.1 Å². The molecule has 5 heteroatoms. The molecule has 2 N–H and O–H groups in total. The molecule has 1 saturated heterocycles. The van der Waals surface area contributed by atoms with Crippen LogP contribution in [-0.2, 0) is 16.5 Å². The van der Waals surface area contributed by atoms with E-state index in [0.29, 0.717) is 6.54 Å². The summed E-state index contributed by atoms with van der Waals surface area (Å²) < 4.78 is 13.6. The fourth-order valence-electron chi connectivity index (χ4n) is 2.56. The fourth-order valence-corrected chi connectivity index (χ4v) is 2.56. The largest absolute Gasteiger partial charge is 0.375 e. The fraction of sp³-hybridized carbons (Fsp3) is 0.769. The van der Waals surface area contributed by atoms with Crippen LogP contribution in [0.1, 0.15) is 38.4 Å². The molecule has 2 heterocycles. The SMILES string of the molecule is CC1CC(OC(CN)c2cnn(C)c2)CC(C)O1. The predicted octanol–water partition coefficient (Wildman–Crippen LogP) is 1.39. The van der Waals surface area contributed by atoms with E-state index in [4.69, 9.17) is 15.2 Å². The van der Waals surface area contributed by atoms with Crippen molar-refractivity contribution < 1.29 is 9.47 Å². The van der Waals surface area contributed by atoms with Crippen LogP contribution in [0.3, 0.4) is 0 Å². The van der Waals surface area contributed by atoms with Gasteiger partial charge in [0.25, 0.3) is 0 Å². The van der Waals surface area contributed by atoms with Crippen molar-refractivity contribution in [2.75, 3.05) is 6.54 Å². The molecule has 1 aliphatic rings. The van der Waals surface area contributed by atoms with Crippen molar-refractivity contribution in [1.29, 1.82) is 0 Å². The summed E-state index contributed by atoms with van der Waals surface area (Å²) in [4.78, 5) is 0. The highest BCUT2D eigenvalue weighted by Gasteiger charge is 2.27. The molecular weight excluding hydrogens is 230 g/mol. The maximum absolute atomic E-state index is 6.12. The predicted molar refractivity (Wildman–Crippen MR) is 69.1 cm³/mol. The van der Waals surface area contributed by atoms with Crippen molar-refractivity contribution in [3.05, 3.63) is 18.0 Å². The van der Waals surface area contributed by atoms with Gasteiger partial charge in [-0.25, -0.2) is 0 Å². The molecule has 0 saturated carbocycles. The Hall–Kier alpha value is -0.910. The summed E-state index contributed by atoms with van der Waals surface area (Å²) >= 11 is 0. The Labute approximate surface area is 108 Å². The molecule has 3 atom stereocenters. The second kappa shape index (κ2) is 5.82. The first-order chi connectivity index (χ1) is 8.58. The van der Waals surface area contributed by atoms with Crippen molar-refractivity contribution in [2.24, 2.45) is 12.8 Å². The van der Waals surface area contributed by atoms with Crippen LogP contribution in [0.5, 0.6) is 0 Å². The van der Waals surface area contributed by atoms with Gasteiger partial charge in [0.15, 0.2) is 0 Å². The third kappa shape index (κ3) is 3.31. The van der Waals surface area contributed by atoms with Crippen molar-refractivity contribution in [3.63, 3.8) is 0 Å². The first kappa shape index (κ1) is 13.5. The minimum atomic E-state index is -0.0683. The number of hydrogen-bond acceptors (Lipinski definition) is 4. The zero-order chi connectivity index (χ0) is 13.1. The van der Waals surface area contributed by atoms with Gasteiger partial charge in [0, 0.05) is 25.4 Å². The highest BCUT2D eigenvalue weighted by molar-refractivity contribution is 5.08. The zero-order valence-corrected chi connectivity index (χ0v) is 11.4. The molecule has 1 fully saturated rings. The van der Waals surface area contributed by atoms with Crippen molar-refractivity contribution in [3.8, 4) is 0 Å². The second-order valence-electron chi connectivity index (χ2n) is 5.16. The monoisotopic (exact) mass is 253 g/mol. The Balaban J connectivity index is 1.97. The van der Waals surface area contributed by atoms with Crippen LogP contribution in [0.2, 0.25) is 0 Å². The molecule has 0 spiro atoms. The van der Waals surface area contributed by atoms with E-state index in [9.17, 15) is 0 Å². The average Bonchev–Trinajstić information content (AvgIpc) is 2.71. The Morgan fingerprint density at radius 2 is 2.17 bits per heavy atom. The number of aromatic nitrogens is 2. The lowest BCUT2D eigenvalue weighted by Gasteiger charge is -2.34. The van der Waals surface area contributed by atoms with Gasteiger partial charge in [-0.15, -0.1) is 0 Å². The van der Waals surface area contributed by atoms with Crippen LogP contribution in [0.4, 0.5) is 0 Å². The minimum absolute atomic E-state index is 0.0683. The van der Waals surface area contributed by atoms with Crippen LogP contribution in [-0.4, -0.2) is 34.6 Å². The Bertz CT molecular complexity index is 370. The van der Waals surface area contributed by atoms with Gasteiger partial charge in [-0.3, -0.25) is 4.68 Å². The molecule has 5 nitrogen and oxygen atoms in total. The maximum Gasteiger partial charge on any atom is 0.0981 e. The zero-order valence-electron chi connectivity index (χ0n) is 11.4. The summed E-state index contributed by atoms with van der Waals surface area (Å²) in [5, 5.41) is 4.16. The molecule has 18 heavy (non-hydrogen) atoms. The maximum atomic E-state index is 6.12. The standard InChI is InChI=1S/C13H23N3O2/c1-9-4-12(5-10(2)17-9)18-13(6-14)11-7-15-16(3)8-11/h7-10,12-13H,4-6,14H2,1-3H3. The lowest BCUT2D eigenvalue weighted by Crippen LogP contribution is -2.35. The molecule has 3 unspecified atom stereocenters. The number of nitrogens with two attached hydrogens (primary N) is 1. The van der Waals surface area contributed by atoms with Gasteiger partial charge < -0.3 is 15.2 Å². The van der Waals surface area contributed by atoms with E-state index < -0.39 is 0 Å². The van der Waals surface area contributed by atoms with Crippen LogP contribution in [0.15, 0.2) is 12.4 Å². The summed E-state index contributed by atoms with van der Waals surface area (Å²) in [5.41, 5.74) is 6.86. The normalized spacial score (nSPS) is 30.3. The quantitative estimate of drug-likeness (QED) is 0.881. The van der Waals surface area contributed by atoms with Gasteiger partial charge in [-0.2, -0.15) is 5.10 Å². The van der Waals surface area contributed by atoms with E-state index in [0.717, 1.165) is 18.4 Å². The molecule has 0 aliphatic carbocycles. The van der Waals surface area contributed by atoms with E-state index >= 15 is 0 Å². The van der Waals surface area contributed by atoms with Gasteiger partial charge in [0.1, 0.15) is 0 Å². The highest BCUT2D eigenvalue weighted by atomic mass is 16.5. The van der Waals surface area contributed by atoms with E-state index in [2.05, 4.69) is 18.9 Å². The molecule has 0 bridgehead atoms. The third-order valence-corrected chi connectivity index (χ3v) is 3.32. The van der Waals surface area contributed by atoms with Crippen LogP contribution < -0.4 is 5.73 Å². The molecular formula is C13H23N3O2. The number of nitrogens with zero attached hydrogens (tertiary/aromatic N) is 2. The summed E-state index contributed by atoms with van der Waals surface area (Å²) in [7, 11) is 1.90. The number of rotatable bonds is 4. The Morgan fingerprint density at radius 1 is 1.50 bits per heavy atom. The summed E-state index contributed by atoms with van der Waals surface area (Å²) in [5.74, 6) is 0. The smallest absolute Gasteiger partial charge is 0.0981 e. The topological polar surface area (TPSA) is 62.3 Å². The number of hydrogen-bond donors (Lipinski definition) is 1. The summed E-state index contributed by atoms with van der Waals surface area (Å²) in [6.07, 6.45) is 6.31. The molecule has 0 aromatic carbocycles. The van der Waals surface area contributed by atoms with E-state index in [1.54, 1.807) is 4.68 Å². The van der Waals surface area contributed by atoms with Crippen molar-refractivity contribution >= 4 is 0 Å². The van der Waals surface area contributed by atoms with Gasteiger partial charge >= 0.3 is 0 Å². The van der Waals surface area contributed by atoms with E-state index in [-0.39, 0.29) is 24.4 Å². The summed E-state index contributed by atoms with van der Waals surface area (Å²) in [6.45, 7) is 4.66. The number of aryl methyl sites for hydroxylation is 1. The van der Waals surface area contributed by atoms with Crippen LogP contribution in [0.25, 0.3) is 0 Å². The molecule has 1 aromatic heterocycles. The second-order valence-corrected chi connectivity index (χ2v) is 5.16.